The van der Waals surface area contributed by atoms with Gasteiger partial charge < -0.3 is 10.2 Å². The van der Waals surface area contributed by atoms with E-state index in [1.54, 1.807) is 43.3 Å². The summed E-state index contributed by atoms with van der Waals surface area (Å²) in [6.07, 6.45) is 0.364. The molecule has 3 aromatic carbocycles. The number of carbonyl (C=O) groups excluding carboxylic acids is 2. The van der Waals surface area contributed by atoms with Crippen molar-refractivity contribution < 1.29 is 18.0 Å². The molecule has 0 saturated heterocycles. The van der Waals surface area contributed by atoms with Crippen LogP contribution in [0.4, 0.5) is 5.69 Å². The van der Waals surface area contributed by atoms with Gasteiger partial charge in [-0.25, -0.2) is 8.42 Å². The number of hydrogen-bond acceptors (Lipinski definition) is 4. The van der Waals surface area contributed by atoms with Crippen LogP contribution in [-0.4, -0.2) is 44.3 Å². The molecule has 0 heterocycles. The molecule has 0 unspecified atom stereocenters. The molecule has 0 aliphatic carbocycles. The van der Waals surface area contributed by atoms with Crippen molar-refractivity contribution >= 4 is 39.1 Å². The van der Waals surface area contributed by atoms with E-state index in [1.165, 1.54) is 17.0 Å². The monoisotopic (exact) mass is 583 g/mol. The Hall–Kier alpha value is -3.36. The lowest BCUT2D eigenvalue weighted by atomic mass is 10.1. The third kappa shape index (κ3) is 7.64. The second-order valence-corrected chi connectivity index (χ2v) is 12.6. The summed E-state index contributed by atoms with van der Waals surface area (Å²) in [6, 6.07) is 19.9. The molecule has 0 aromatic heterocycles. The van der Waals surface area contributed by atoms with Crippen LogP contribution in [0.2, 0.25) is 5.02 Å². The Morgan fingerprint density at radius 1 is 0.950 bits per heavy atom. The number of anilines is 1. The van der Waals surface area contributed by atoms with Gasteiger partial charge in [-0.2, -0.15) is 0 Å². The van der Waals surface area contributed by atoms with Crippen LogP contribution in [0, 0.1) is 19.8 Å². The van der Waals surface area contributed by atoms with E-state index in [0.29, 0.717) is 29.2 Å². The number of halogens is 1. The first-order chi connectivity index (χ1) is 18.9. The third-order valence-corrected chi connectivity index (χ3v) is 8.81. The molecule has 0 fully saturated rings. The van der Waals surface area contributed by atoms with Crippen molar-refractivity contribution in [3.05, 3.63) is 94.5 Å². The van der Waals surface area contributed by atoms with Gasteiger partial charge in [0, 0.05) is 18.1 Å². The fourth-order valence-electron chi connectivity index (χ4n) is 4.45. The molecule has 1 N–H and O–H groups in total. The second-order valence-electron chi connectivity index (χ2n) is 10.3. The summed E-state index contributed by atoms with van der Waals surface area (Å²) in [6.45, 7) is 9.63. The summed E-state index contributed by atoms with van der Waals surface area (Å²) in [5, 5.41) is 3.32. The van der Waals surface area contributed by atoms with Gasteiger partial charge in [-0.3, -0.25) is 13.9 Å². The highest BCUT2D eigenvalue weighted by molar-refractivity contribution is 7.92. The van der Waals surface area contributed by atoms with Gasteiger partial charge in [0.1, 0.15) is 12.6 Å². The fraction of sp³-hybridized carbons (Fsp3) is 0.355. The lowest BCUT2D eigenvalue weighted by Gasteiger charge is -2.33. The van der Waals surface area contributed by atoms with Crippen molar-refractivity contribution in [2.45, 2.75) is 58.5 Å². The summed E-state index contributed by atoms with van der Waals surface area (Å²) in [4.78, 5) is 29.0. The van der Waals surface area contributed by atoms with Gasteiger partial charge in [-0.1, -0.05) is 86.5 Å². The van der Waals surface area contributed by atoms with E-state index >= 15 is 0 Å². The third-order valence-electron chi connectivity index (χ3n) is 6.62. The first-order valence-electron chi connectivity index (χ1n) is 13.4. The van der Waals surface area contributed by atoms with E-state index < -0.39 is 28.5 Å². The van der Waals surface area contributed by atoms with Gasteiger partial charge in [-0.15, -0.1) is 0 Å². The highest BCUT2D eigenvalue weighted by Crippen LogP contribution is 2.31. The van der Waals surface area contributed by atoms with Gasteiger partial charge in [-0.05, 0) is 61.6 Å². The molecular weight excluding hydrogens is 546 g/mol. The zero-order chi connectivity index (χ0) is 29.4. The van der Waals surface area contributed by atoms with Crippen LogP contribution >= 0.6 is 11.6 Å². The quantitative estimate of drug-likeness (QED) is 0.295. The van der Waals surface area contributed by atoms with Crippen molar-refractivity contribution in [1.82, 2.24) is 10.2 Å². The minimum absolute atomic E-state index is 0.0501. The topological polar surface area (TPSA) is 86.8 Å². The molecule has 0 aliphatic heterocycles. The van der Waals surface area contributed by atoms with Gasteiger partial charge in [0.2, 0.25) is 11.8 Å². The number of rotatable bonds is 12. The SMILES string of the molecule is CC[C@@H](C(=O)NCC(C)C)N(Cc1cccc(C)c1)C(=O)CN(c1cccc(Cl)c1C)S(=O)(=O)c1ccccc1. The van der Waals surface area contributed by atoms with Crippen LogP contribution in [0.5, 0.6) is 0 Å². The molecular formula is C31H38ClN3O4S. The van der Waals surface area contributed by atoms with Gasteiger partial charge >= 0.3 is 0 Å². The van der Waals surface area contributed by atoms with Gasteiger partial charge in [0.15, 0.2) is 0 Å². The maximum absolute atomic E-state index is 14.1. The molecule has 9 heteroatoms. The molecule has 0 aliphatic rings. The number of amides is 2. The molecule has 2 amide bonds. The molecule has 3 aromatic rings. The van der Waals surface area contributed by atoms with Crippen LogP contribution in [0.25, 0.3) is 0 Å². The number of benzene rings is 3. The first-order valence-corrected chi connectivity index (χ1v) is 15.2. The summed E-state index contributed by atoms with van der Waals surface area (Å²) in [5.41, 5.74) is 2.70. The minimum Gasteiger partial charge on any atom is -0.354 e. The van der Waals surface area contributed by atoms with E-state index in [4.69, 9.17) is 11.6 Å². The molecule has 0 bridgehead atoms. The number of hydrogen-bond donors (Lipinski definition) is 1. The Labute approximate surface area is 243 Å². The summed E-state index contributed by atoms with van der Waals surface area (Å²) >= 11 is 6.38. The first kappa shape index (κ1) is 31.2. The minimum atomic E-state index is -4.15. The van der Waals surface area contributed by atoms with Crippen molar-refractivity contribution in [2.75, 3.05) is 17.4 Å². The van der Waals surface area contributed by atoms with E-state index in [2.05, 4.69) is 5.32 Å². The molecule has 1 atom stereocenters. The Balaban J connectivity index is 2.08. The highest BCUT2D eigenvalue weighted by Gasteiger charge is 2.34. The van der Waals surface area contributed by atoms with Crippen LogP contribution < -0.4 is 9.62 Å². The molecule has 3 rings (SSSR count). The van der Waals surface area contributed by atoms with Crippen molar-refractivity contribution in [1.29, 1.82) is 0 Å². The standard InChI is InChI=1S/C31H38ClN3O4S/c1-6-28(31(37)33-19-22(2)3)34(20-25-13-10-12-23(4)18-25)30(36)21-35(29-17-11-16-27(32)24(29)5)40(38,39)26-14-8-7-9-15-26/h7-18,22,28H,6,19-21H2,1-5H3,(H,33,37)/t28-/m0/s1. The van der Waals surface area contributed by atoms with E-state index in [-0.39, 0.29) is 23.3 Å². The predicted octanol–water partition coefficient (Wildman–Crippen LogP) is 5.73. The lowest BCUT2D eigenvalue weighted by molar-refractivity contribution is -0.140. The Bertz CT molecular complexity index is 1430. The maximum atomic E-state index is 14.1. The average Bonchev–Trinajstić information content (AvgIpc) is 2.92. The molecule has 214 valence electrons. The molecule has 40 heavy (non-hydrogen) atoms. The Kier molecular flexibility index (Phi) is 10.8. The smallest absolute Gasteiger partial charge is 0.264 e. The number of nitrogens with one attached hydrogen (secondary N) is 1. The average molecular weight is 584 g/mol. The number of carbonyl (C=O) groups is 2. The van der Waals surface area contributed by atoms with Crippen LogP contribution in [0.15, 0.2) is 77.7 Å². The van der Waals surface area contributed by atoms with E-state index in [9.17, 15) is 18.0 Å². The Morgan fingerprint density at radius 2 is 1.62 bits per heavy atom. The zero-order valence-corrected chi connectivity index (χ0v) is 25.3. The van der Waals surface area contributed by atoms with Crippen LogP contribution in [0.1, 0.15) is 43.9 Å². The van der Waals surface area contributed by atoms with Crippen molar-refractivity contribution in [3.8, 4) is 0 Å². The summed E-state index contributed by atoms with van der Waals surface area (Å²) < 4.78 is 29.0. The van der Waals surface area contributed by atoms with Crippen LogP contribution in [0.3, 0.4) is 0 Å². The zero-order valence-electron chi connectivity index (χ0n) is 23.7. The fourth-order valence-corrected chi connectivity index (χ4v) is 6.11. The predicted molar refractivity (Wildman–Crippen MR) is 161 cm³/mol. The van der Waals surface area contributed by atoms with Gasteiger partial charge in [0.25, 0.3) is 10.0 Å². The Morgan fingerprint density at radius 3 is 2.25 bits per heavy atom. The maximum Gasteiger partial charge on any atom is 0.264 e. The van der Waals surface area contributed by atoms with Crippen molar-refractivity contribution in [3.63, 3.8) is 0 Å². The van der Waals surface area contributed by atoms with Crippen LogP contribution in [-0.2, 0) is 26.2 Å². The highest BCUT2D eigenvalue weighted by atomic mass is 35.5. The normalized spacial score (nSPS) is 12.2. The van der Waals surface area contributed by atoms with Crippen molar-refractivity contribution in [2.24, 2.45) is 5.92 Å². The summed E-state index contributed by atoms with van der Waals surface area (Å²) in [7, 11) is -4.15. The number of nitrogens with zero attached hydrogens (tertiary/aromatic N) is 2. The van der Waals surface area contributed by atoms with E-state index in [0.717, 1.165) is 15.4 Å². The van der Waals surface area contributed by atoms with Gasteiger partial charge in [0.05, 0.1) is 10.6 Å². The number of aryl methyl sites for hydroxylation is 1. The molecule has 0 spiro atoms. The molecule has 0 radical (unpaired) electrons. The second kappa shape index (κ2) is 13.8. The molecule has 0 saturated carbocycles. The largest absolute Gasteiger partial charge is 0.354 e. The molecule has 7 nitrogen and oxygen atoms in total. The van der Waals surface area contributed by atoms with E-state index in [1.807, 2.05) is 52.0 Å². The lowest BCUT2D eigenvalue weighted by Crippen LogP contribution is -2.52. The summed E-state index contributed by atoms with van der Waals surface area (Å²) in [5.74, 6) is -0.528. The number of sulfonamides is 1.